The molecule has 0 bridgehead atoms. The fraction of sp³-hybridized carbons (Fsp3) is 0.0204. The smallest absolute Gasteiger partial charge is 0.159 e. The van der Waals surface area contributed by atoms with Crippen LogP contribution in [-0.2, 0) is 0 Å². The maximum atomic E-state index is 6.60. The molecule has 1 atom stereocenters. The third kappa shape index (κ3) is 4.94. The molecule has 10 aromatic rings. The van der Waals surface area contributed by atoms with E-state index in [1.165, 1.54) is 10.9 Å². The molecule has 54 heavy (non-hydrogen) atoms. The highest BCUT2D eigenvalue weighted by atomic mass is 16.3. The van der Waals surface area contributed by atoms with Gasteiger partial charge in [0.05, 0.1) is 0 Å². The lowest BCUT2D eigenvalue weighted by atomic mass is 9.95. The van der Waals surface area contributed by atoms with E-state index in [1.54, 1.807) is 0 Å². The molecular formula is C49H31N3O2. The van der Waals surface area contributed by atoms with Gasteiger partial charge in [-0.25, -0.2) is 9.98 Å². The molecule has 0 radical (unpaired) electrons. The van der Waals surface area contributed by atoms with Crippen molar-refractivity contribution in [2.45, 2.75) is 6.17 Å². The van der Waals surface area contributed by atoms with Gasteiger partial charge in [-0.3, -0.25) is 0 Å². The first kappa shape index (κ1) is 30.4. The molecule has 0 aliphatic carbocycles. The van der Waals surface area contributed by atoms with Crippen LogP contribution < -0.4 is 5.32 Å². The number of fused-ring (bicyclic) bond motifs is 7. The highest BCUT2D eigenvalue weighted by Gasteiger charge is 2.26. The van der Waals surface area contributed by atoms with E-state index in [-0.39, 0.29) is 6.17 Å². The lowest BCUT2D eigenvalue weighted by Gasteiger charge is -2.24. The van der Waals surface area contributed by atoms with Crippen LogP contribution >= 0.6 is 0 Å². The van der Waals surface area contributed by atoms with Gasteiger partial charge >= 0.3 is 0 Å². The van der Waals surface area contributed by atoms with Gasteiger partial charge in [0.25, 0.3) is 0 Å². The zero-order valence-corrected chi connectivity index (χ0v) is 29.0. The monoisotopic (exact) mass is 693 g/mol. The molecule has 8 aromatic carbocycles. The van der Waals surface area contributed by atoms with Crippen molar-refractivity contribution in [3.63, 3.8) is 0 Å². The minimum absolute atomic E-state index is 0.372. The summed E-state index contributed by atoms with van der Waals surface area (Å²) in [6.45, 7) is 0. The first-order valence-electron chi connectivity index (χ1n) is 18.2. The zero-order valence-electron chi connectivity index (χ0n) is 29.0. The van der Waals surface area contributed by atoms with Crippen LogP contribution in [-0.4, -0.2) is 11.7 Å². The summed E-state index contributed by atoms with van der Waals surface area (Å²) >= 11 is 0. The lowest BCUT2D eigenvalue weighted by Crippen LogP contribution is -2.33. The molecule has 0 saturated carbocycles. The van der Waals surface area contributed by atoms with E-state index in [1.807, 2.05) is 36.4 Å². The molecule has 1 aliphatic rings. The van der Waals surface area contributed by atoms with Crippen LogP contribution in [0, 0.1) is 0 Å². The Balaban J connectivity index is 1.10. The van der Waals surface area contributed by atoms with E-state index >= 15 is 0 Å². The van der Waals surface area contributed by atoms with Gasteiger partial charge in [-0.1, -0.05) is 152 Å². The number of hydrogen-bond donors (Lipinski definition) is 1. The molecule has 0 spiro atoms. The standard InChI is InChI=1S/C49H31N3O2/c1-2-11-30(12-3-1)32-23-26-33(27-24-32)47-50-48(35-28-25-31-13-4-5-14-34(31)29-35)52-49(51-47)40-19-10-22-43-45(40)44-37(16-9-21-42(44)53-43)39-18-8-17-38-36-15-6-7-20-41(36)54-46(38)39/h1-29,48H,(H,50,51,52). The number of furan rings is 2. The largest absolute Gasteiger partial charge is 0.456 e. The number of hydrogen-bond acceptors (Lipinski definition) is 5. The predicted molar refractivity (Wildman–Crippen MR) is 221 cm³/mol. The fourth-order valence-corrected chi connectivity index (χ4v) is 7.95. The van der Waals surface area contributed by atoms with Crippen molar-refractivity contribution in [1.29, 1.82) is 0 Å². The van der Waals surface area contributed by atoms with Gasteiger partial charge in [0.2, 0.25) is 0 Å². The van der Waals surface area contributed by atoms with Crippen LogP contribution in [0.25, 0.3) is 76.9 Å². The summed E-state index contributed by atoms with van der Waals surface area (Å²) in [7, 11) is 0. The maximum Gasteiger partial charge on any atom is 0.159 e. The Morgan fingerprint density at radius 3 is 1.93 bits per heavy atom. The minimum Gasteiger partial charge on any atom is -0.456 e. The third-order valence-electron chi connectivity index (χ3n) is 10.6. The average molecular weight is 694 g/mol. The van der Waals surface area contributed by atoms with Crippen molar-refractivity contribution in [1.82, 2.24) is 5.32 Å². The Morgan fingerprint density at radius 2 is 1.07 bits per heavy atom. The Morgan fingerprint density at radius 1 is 0.444 bits per heavy atom. The van der Waals surface area contributed by atoms with Gasteiger partial charge in [-0.05, 0) is 57.3 Å². The number of benzene rings is 8. The maximum absolute atomic E-state index is 6.60. The van der Waals surface area contributed by atoms with Gasteiger partial charge in [0.1, 0.15) is 34.3 Å². The second-order valence-corrected chi connectivity index (χ2v) is 13.7. The number of rotatable bonds is 5. The van der Waals surface area contributed by atoms with E-state index < -0.39 is 0 Å². The fourth-order valence-electron chi connectivity index (χ4n) is 7.95. The van der Waals surface area contributed by atoms with Crippen LogP contribution in [0.4, 0.5) is 0 Å². The second kappa shape index (κ2) is 12.2. The number of para-hydroxylation sites is 2. The van der Waals surface area contributed by atoms with Gasteiger partial charge in [0, 0.05) is 38.2 Å². The molecule has 1 N–H and O–H groups in total. The van der Waals surface area contributed by atoms with Crippen LogP contribution in [0.15, 0.2) is 195 Å². The predicted octanol–water partition coefficient (Wildman–Crippen LogP) is 12.5. The van der Waals surface area contributed by atoms with Gasteiger partial charge < -0.3 is 14.2 Å². The Hall–Kier alpha value is -7.24. The molecular weight excluding hydrogens is 663 g/mol. The van der Waals surface area contributed by atoms with Crippen LogP contribution in [0.5, 0.6) is 0 Å². The van der Waals surface area contributed by atoms with Gasteiger partial charge in [-0.2, -0.15) is 0 Å². The Labute approximate surface area is 310 Å². The molecule has 1 unspecified atom stereocenters. The summed E-state index contributed by atoms with van der Waals surface area (Å²) in [6, 6.07) is 60.9. The van der Waals surface area contributed by atoms with Crippen LogP contribution in [0.3, 0.4) is 0 Å². The van der Waals surface area contributed by atoms with E-state index in [0.29, 0.717) is 5.84 Å². The summed E-state index contributed by atoms with van der Waals surface area (Å²) in [6.07, 6.45) is -0.372. The molecule has 5 heteroatoms. The van der Waals surface area contributed by atoms with E-state index in [2.05, 4.69) is 145 Å². The highest BCUT2D eigenvalue weighted by Crippen LogP contribution is 2.43. The Bertz CT molecular complexity index is 3130. The zero-order chi connectivity index (χ0) is 35.6. The van der Waals surface area contributed by atoms with Crippen molar-refractivity contribution in [3.8, 4) is 22.3 Å². The molecule has 3 heterocycles. The molecule has 0 fully saturated rings. The van der Waals surface area contributed by atoms with Crippen molar-refractivity contribution in [2.75, 3.05) is 0 Å². The third-order valence-corrected chi connectivity index (χ3v) is 10.6. The molecule has 0 amide bonds. The topological polar surface area (TPSA) is 63.0 Å². The van der Waals surface area contributed by atoms with E-state index in [0.717, 1.165) is 88.5 Å². The molecule has 5 nitrogen and oxygen atoms in total. The molecule has 11 rings (SSSR count). The molecule has 254 valence electrons. The lowest BCUT2D eigenvalue weighted by molar-refractivity contribution is 0.667. The average Bonchev–Trinajstić information content (AvgIpc) is 3.83. The van der Waals surface area contributed by atoms with E-state index in [9.17, 15) is 0 Å². The second-order valence-electron chi connectivity index (χ2n) is 13.7. The number of nitrogens with one attached hydrogen (secondary N) is 1. The van der Waals surface area contributed by atoms with Crippen molar-refractivity contribution < 1.29 is 8.83 Å². The number of aliphatic imine (C=N–C) groups is 2. The first-order valence-corrected chi connectivity index (χ1v) is 18.2. The summed E-state index contributed by atoms with van der Waals surface area (Å²) in [5.41, 5.74) is 10.6. The number of nitrogens with zero attached hydrogens (tertiary/aromatic N) is 2. The van der Waals surface area contributed by atoms with Crippen molar-refractivity contribution in [2.24, 2.45) is 9.98 Å². The van der Waals surface area contributed by atoms with Crippen LogP contribution in [0.2, 0.25) is 0 Å². The summed E-state index contributed by atoms with van der Waals surface area (Å²) < 4.78 is 13.1. The molecule has 2 aromatic heterocycles. The molecule has 0 saturated heterocycles. The summed E-state index contributed by atoms with van der Waals surface area (Å²) in [4.78, 5) is 10.5. The van der Waals surface area contributed by atoms with Crippen molar-refractivity contribution in [3.05, 3.63) is 193 Å². The van der Waals surface area contributed by atoms with Crippen molar-refractivity contribution >= 4 is 66.3 Å². The SMILES string of the molecule is c1ccc(-c2ccc(C3=NC(c4ccc5ccccc5c4)NC(c4cccc5oc6cccc(-c7cccc8c7oc7ccccc78)c6c45)=N3)cc2)cc1. The highest BCUT2D eigenvalue weighted by molar-refractivity contribution is 6.25. The summed E-state index contributed by atoms with van der Waals surface area (Å²) in [5.74, 6) is 1.40. The minimum atomic E-state index is -0.372. The quantitative estimate of drug-likeness (QED) is 0.195. The molecule has 1 aliphatic heterocycles. The van der Waals surface area contributed by atoms with E-state index in [4.69, 9.17) is 18.8 Å². The number of amidine groups is 2. The first-order chi connectivity index (χ1) is 26.7. The van der Waals surface area contributed by atoms with Gasteiger partial charge in [0.15, 0.2) is 5.84 Å². The normalized spacial score (nSPS) is 14.5. The van der Waals surface area contributed by atoms with Crippen LogP contribution in [0.1, 0.15) is 22.9 Å². The van der Waals surface area contributed by atoms with Gasteiger partial charge in [-0.15, -0.1) is 0 Å². The summed E-state index contributed by atoms with van der Waals surface area (Å²) in [5, 5.41) is 10.3. The Kier molecular flexibility index (Phi) is 6.85.